The molecule has 0 saturated carbocycles. The molecule has 0 spiro atoms. The predicted octanol–water partition coefficient (Wildman–Crippen LogP) is 2.48. The summed E-state index contributed by atoms with van der Waals surface area (Å²) in [6.07, 6.45) is 3.55. The third-order valence-electron chi connectivity index (χ3n) is 5.95. The molecule has 1 atom stereocenters. The molecule has 1 aromatic heterocycles. The van der Waals surface area contributed by atoms with Crippen LogP contribution in [0.25, 0.3) is 0 Å². The summed E-state index contributed by atoms with van der Waals surface area (Å²) in [6, 6.07) is 11.8. The molecular formula is C21H25N5O2. The fourth-order valence-corrected chi connectivity index (χ4v) is 4.30. The van der Waals surface area contributed by atoms with Crippen LogP contribution in [-0.2, 0) is 10.3 Å². The Morgan fingerprint density at radius 2 is 2.21 bits per heavy atom. The van der Waals surface area contributed by atoms with Crippen molar-refractivity contribution in [1.82, 2.24) is 20.4 Å². The van der Waals surface area contributed by atoms with Crippen LogP contribution in [0.5, 0.6) is 0 Å². The van der Waals surface area contributed by atoms with Crippen LogP contribution in [0.4, 0.5) is 0 Å². The third-order valence-corrected chi connectivity index (χ3v) is 5.95. The summed E-state index contributed by atoms with van der Waals surface area (Å²) in [7, 11) is 2.09. The molecule has 1 amide bonds. The van der Waals surface area contributed by atoms with E-state index in [0.29, 0.717) is 43.4 Å². The molecule has 1 aromatic carbocycles. The van der Waals surface area contributed by atoms with E-state index < -0.39 is 5.54 Å². The first-order valence-corrected chi connectivity index (χ1v) is 9.78. The van der Waals surface area contributed by atoms with E-state index in [4.69, 9.17) is 4.74 Å². The maximum absolute atomic E-state index is 13.0. The number of hydrogen-bond donors (Lipinski definition) is 2. The van der Waals surface area contributed by atoms with Gasteiger partial charge in [0, 0.05) is 13.2 Å². The van der Waals surface area contributed by atoms with Crippen molar-refractivity contribution < 1.29 is 9.53 Å². The Morgan fingerprint density at radius 1 is 1.39 bits per heavy atom. The van der Waals surface area contributed by atoms with Gasteiger partial charge < -0.3 is 10.1 Å². The van der Waals surface area contributed by atoms with Crippen molar-refractivity contribution in [3.05, 3.63) is 52.8 Å². The largest absolute Gasteiger partial charge is 0.381 e. The average Bonchev–Trinajstić information content (AvgIpc) is 3.37. The van der Waals surface area contributed by atoms with Gasteiger partial charge in [0.05, 0.1) is 28.9 Å². The number of amides is 1. The van der Waals surface area contributed by atoms with Gasteiger partial charge in [-0.1, -0.05) is 12.1 Å². The van der Waals surface area contributed by atoms with Crippen LogP contribution in [0.2, 0.25) is 0 Å². The molecule has 0 radical (unpaired) electrons. The molecule has 4 rings (SSSR count). The second-order valence-electron chi connectivity index (χ2n) is 7.69. The van der Waals surface area contributed by atoms with Crippen molar-refractivity contribution in [2.75, 3.05) is 26.8 Å². The molecular weight excluding hydrogens is 354 g/mol. The van der Waals surface area contributed by atoms with E-state index in [2.05, 4.69) is 33.5 Å². The van der Waals surface area contributed by atoms with Crippen molar-refractivity contribution in [3.63, 3.8) is 0 Å². The van der Waals surface area contributed by atoms with Crippen LogP contribution in [0.15, 0.2) is 30.3 Å². The Balaban J connectivity index is 1.58. The van der Waals surface area contributed by atoms with Gasteiger partial charge in [-0.2, -0.15) is 10.4 Å². The van der Waals surface area contributed by atoms with Crippen LogP contribution in [0.1, 0.15) is 59.0 Å². The minimum Gasteiger partial charge on any atom is -0.381 e. The molecule has 7 nitrogen and oxygen atoms in total. The van der Waals surface area contributed by atoms with Gasteiger partial charge in [0.25, 0.3) is 5.91 Å². The normalized spacial score (nSPS) is 21.9. The second-order valence-corrected chi connectivity index (χ2v) is 7.69. The fourth-order valence-electron chi connectivity index (χ4n) is 4.30. The maximum Gasteiger partial charge on any atom is 0.272 e. The van der Waals surface area contributed by atoms with Crippen LogP contribution in [0, 0.1) is 11.3 Å². The van der Waals surface area contributed by atoms with Crippen molar-refractivity contribution >= 4 is 5.91 Å². The number of rotatable bonds is 4. The van der Waals surface area contributed by atoms with E-state index in [1.54, 1.807) is 6.07 Å². The number of aromatic nitrogens is 2. The van der Waals surface area contributed by atoms with Gasteiger partial charge in [0.1, 0.15) is 5.69 Å². The van der Waals surface area contributed by atoms with Gasteiger partial charge in [-0.05, 0) is 63.0 Å². The maximum atomic E-state index is 13.0. The molecule has 2 fully saturated rings. The lowest BCUT2D eigenvalue weighted by molar-refractivity contribution is 0.0344. The molecule has 0 bridgehead atoms. The fraction of sp³-hybridized carbons (Fsp3) is 0.476. The van der Waals surface area contributed by atoms with Gasteiger partial charge >= 0.3 is 0 Å². The molecule has 7 heteroatoms. The quantitative estimate of drug-likeness (QED) is 0.851. The Morgan fingerprint density at radius 3 is 2.93 bits per heavy atom. The van der Waals surface area contributed by atoms with Gasteiger partial charge in [-0.25, -0.2) is 0 Å². The number of carbonyl (C=O) groups excluding carboxylic acids is 1. The second kappa shape index (κ2) is 7.74. The SMILES string of the molecule is CN1CCCC1c1cc(C(=O)NC2(c3cccc(C#N)c3)CCOCC2)n[nH]1. The predicted molar refractivity (Wildman–Crippen MR) is 104 cm³/mol. The Hall–Kier alpha value is -2.69. The first kappa shape index (κ1) is 18.7. The number of likely N-dealkylation sites (tertiary alicyclic amines) is 1. The molecule has 146 valence electrons. The Bertz CT molecular complexity index is 894. The van der Waals surface area contributed by atoms with Crippen LogP contribution in [0.3, 0.4) is 0 Å². The first-order chi connectivity index (χ1) is 13.6. The number of aromatic amines is 1. The number of benzene rings is 1. The number of nitrogens with one attached hydrogen (secondary N) is 2. The molecule has 2 aliphatic rings. The lowest BCUT2D eigenvalue weighted by Gasteiger charge is -2.38. The van der Waals surface area contributed by atoms with E-state index >= 15 is 0 Å². The van der Waals surface area contributed by atoms with Crippen molar-refractivity contribution in [3.8, 4) is 6.07 Å². The Labute approximate surface area is 164 Å². The number of carbonyl (C=O) groups is 1. The molecule has 3 heterocycles. The summed E-state index contributed by atoms with van der Waals surface area (Å²) in [5.74, 6) is -0.201. The minimum atomic E-state index is -0.550. The van der Waals surface area contributed by atoms with E-state index in [1.165, 1.54) is 0 Å². The highest BCUT2D eigenvalue weighted by Crippen LogP contribution is 2.33. The van der Waals surface area contributed by atoms with Crippen LogP contribution < -0.4 is 5.32 Å². The molecule has 0 aliphatic carbocycles. The van der Waals surface area contributed by atoms with Gasteiger partial charge in [0.2, 0.25) is 0 Å². The zero-order chi connectivity index (χ0) is 19.6. The highest BCUT2D eigenvalue weighted by Gasteiger charge is 2.37. The number of hydrogen-bond acceptors (Lipinski definition) is 5. The van der Waals surface area contributed by atoms with E-state index in [9.17, 15) is 10.1 Å². The number of nitriles is 1. The van der Waals surface area contributed by atoms with Crippen LogP contribution >= 0.6 is 0 Å². The minimum absolute atomic E-state index is 0.201. The lowest BCUT2D eigenvalue weighted by Crippen LogP contribution is -2.49. The molecule has 2 aromatic rings. The van der Waals surface area contributed by atoms with Crippen LogP contribution in [-0.4, -0.2) is 47.8 Å². The van der Waals surface area contributed by atoms with E-state index in [0.717, 1.165) is 30.6 Å². The summed E-state index contributed by atoms with van der Waals surface area (Å²) in [4.78, 5) is 15.3. The van der Waals surface area contributed by atoms with Gasteiger partial charge in [0.15, 0.2) is 0 Å². The monoisotopic (exact) mass is 379 g/mol. The topological polar surface area (TPSA) is 94.0 Å². The molecule has 28 heavy (non-hydrogen) atoms. The average molecular weight is 379 g/mol. The summed E-state index contributed by atoms with van der Waals surface area (Å²) in [5, 5.41) is 19.8. The smallest absolute Gasteiger partial charge is 0.272 e. The molecule has 2 aliphatic heterocycles. The summed E-state index contributed by atoms with van der Waals surface area (Å²) >= 11 is 0. The summed E-state index contributed by atoms with van der Waals surface area (Å²) in [5.41, 5.74) is 2.36. The zero-order valence-electron chi connectivity index (χ0n) is 16.1. The van der Waals surface area contributed by atoms with Crippen molar-refractivity contribution in [2.24, 2.45) is 0 Å². The number of H-pyrrole nitrogens is 1. The van der Waals surface area contributed by atoms with Crippen molar-refractivity contribution in [2.45, 2.75) is 37.3 Å². The number of ether oxygens (including phenoxy) is 1. The number of nitrogens with zero attached hydrogens (tertiary/aromatic N) is 3. The zero-order valence-corrected chi connectivity index (χ0v) is 16.1. The molecule has 2 saturated heterocycles. The highest BCUT2D eigenvalue weighted by molar-refractivity contribution is 5.93. The summed E-state index contributed by atoms with van der Waals surface area (Å²) in [6.45, 7) is 2.19. The molecule has 1 unspecified atom stereocenters. The van der Waals surface area contributed by atoms with Crippen molar-refractivity contribution in [1.29, 1.82) is 5.26 Å². The standard InChI is InChI=1S/C21H25N5O2/c1-26-9-3-6-19(26)17-13-18(25-24-17)20(27)23-21(7-10-28-11-8-21)16-5-2-4-15(12-16)14-22/h2,4-5,12-13,19H,3,6-11H2,1H3,(H,23,27)(H,24,25). The van der Waals surface area contributed by atoms with Gasteiger partial charge in [-0.15, -0.1) is 0 Å². The third kappa shape index (κ3) is 3.53. The lowest BCUT2D eigenvalue weighted by atomic mass is 9.82. The van der Waals surface area contributed by atoms with E-state index in [-0.39, 0.29) is 5.91 Å². The first-order valence-electron chi connectivity index (χ1n) is 9.78. The Kier molecular flexibility index (Phi) is 5.16. The van der Waals surface area contributed by atoms with E-state index in [1.807, 2.05) is 24.3 Å². The summed E-state index contributed by atoms with van der Waals surface area (Å²) < 4.78 is 5.53. The molecule has 2 N–H and O–H groups in total. The van der Waals surface area contributed by atoms with Gasteiger partial charge in [-0.3, -0.25) is 14.8 Å². The highest BCUT2D eigenvalue weighted by atomic mass is 16.5.